The molecule has 88 valence electrons. The Balaban J connectivity index is 2.62. The van der Waals surface area contributed by atoms with Gasteiger partial charge in [0.1, 0.15) is 0 Å². The highest BCUT2D eigenvalue weighted by Crippen LogP contribution is 2.15. The molecular formula is C12H16O4. The van der Waals surface area contributed by atoms with Crippen LogP contribution in [0.3, 0.4) is 0 Å². The van der Waals surface area contributed by atoms with Crippen LogP contribution >= 0.6 is 0 Å². The van der Waals surface area contributed by atoms with Crippen molar-refractivity contribution >= 4 is 5.97 Å². The number of carboxylic acids is 1. The summed E-state index contributed by atoms with van der Waals surface area (Å²) >= 11 is 0. The van der Waals surface area contributed by atoms with E-state index in [1.54, 1.807) is 0 Å². The lowest BCUT2D eigenvalue weighted by molar-refractivity contribution is -0.168. The van der Waals surface area contributed by atoms with Crippen molar-refractivity contribution in [2.45, 2.75) is 32.2 Å². The van der Waals surface area contributed by atoms with Crippen molar-refractivity contribution in [3.8, 4) is 0 Å². The van der Waals surface area contributed by atoms with Gasteiger partial charge in [0.2, 0.25) is 0 Å². The summed E-state index contributed by atoms with van der Waals surface area (Å²) < 4.78 is 5.20. The summed E-state index contributed by atoms with van der Waals surface area (Å²) in [5, 5.41) is 18.5. The molecule has 0 radical (unpaired) electrons. The minimum Gasteiger partial charge on any atom is -0.479 e. The molecule has 4 heteroatoms. The molecule has 1 atom stereocenters. The minimum atomic E-state index is -1.40. The first-order valence-corrected chi connectivity index (χ1v) is 5.02. The van der Waals surface area contributed by atoms with Crippen LogP contribution in [0.1, 0.15) is 19.4 Å². The highest BCUT2D eigenvalue weighted by Gasteiger charge is 2.34. The lowest BCUT2D eigenvalue weighted by Gasteiger charge is -2.25. The zero-order valence-corrected chi connectivity index (χ0v) is 9.38. The summed E-state index contributed by atoms with van der Waals surface area (Å²) in [6, 6.07) is 9.23. The summed E-state index contributed by atoms with van der Waals surface area (Å²) in [5.74, 6) is -1.16. The molecule has 0 spiro atoms. The molecule has 1 rings (SSSR count). The second-order valence-corrected chi connectivity index (χ2v) is 4.17. The highest BCUT2D eigenvalue weighted by atomic mass is 16.5. The lowest BCUT2D eigenvalue weighted by Crippen LogP contribution is -2.44. The fourth-order valence-electron chi connectivity index (χ4n) is 1.33. The lowest BCUT2D eigenvalue weighted by atomic mass is 10.0. The fraction of sp³-hybridized carbons (Fsp3) is 0.417. The van der Waals surface area contributed by atoms with Gasteiger partial charge in [0.05, 0.1) is 12.2 Å². The van der Waals surface area contributed by atoms with Crippen molar-refractivity contribution in [1.82, 2.24) is 0 Å². The monoisotopic (exact) mass is 224 g/mol. The number of ether oxygens (including phenoxy) is 1. The van der Waals surface area contributed by atoms with Gasteiger partial charge in [-0.25, -0.2) is 4.79 Å². The topological polar surface area (TPSA) is 66.8 Å². The van der Waals surface area contributed by atoms with Crippen LogP contribution in [0.2, 0.25) is 0 Å². The van der Waals surface area contributed by atoms with E-state index in [1.165, 1.54) is 13.8 Å². The molecule has 1 aromatic rings. The molecule has 0 aromatic heterocycles. The zero-order chi connectivity index (χ0) is 12.2. The van der Waals surface area contributed by atoms with Crippen LogP contribution in [0.4, 0.5) is 0 Å². The van der Waals surface area contributed by atoms with Crippen molar-refractivity contribution < 1.29 is 19.7 Å². The van der Waals surface area contributed by atoms with Crippen molar-refractivity contribution in [3.63, 3.8) is 0 Å². The smallest absolute Gasteiger partial charge is 0.335 e. The van der Waals surface area contributed by atoms with Crippen LogP contribution in [0.5, 0.6) is 0 Å². The molecule has 0 bridgehead atoms. The maximum Gasteiger partial charge on any atom is 0.335 e. The maximum absolute atomic E-state index is 10.9. The van der Waals surface area contributed by atoms with Gasteiger partial charge in [-0.2, -0.15) is 0 Å². The second kappa shape index (κ2) is 5.09. The van der Waals surface area contributed by atoms with E-state index in [1.807, 2.05) is 30.3 Å². The molecule has 0 saturated carbocycles. The Bertz CT molecular complexity index is 340. The first-order chi connectivity index (χ1) is 7.41. The van der Waals surface area contributed by atoms with Crippen molar-refractivity contribution in [2.24, 2.45) is 0 Å². The Kier molecular flexibility index (Phi) is 4.04. The summed E-state index contributed by atoms with van der Waals surface area (Å²) in [6.07, 6.45) is -1.23. The molecule has 16 heavy (non-hydrogen) atoms. The van der Waals surface area contributed by atoms with E-state index in [0.717, 1.165) is 5.56 Å². The van der Waals surface area contributed by atoms with Gasteiger partial charge in [-0.1, -0.05) is 30.3 Å². The number of aliphatic carboxylic acids is 1. The third kappa shape index (κ3) is 3.64. The number of benzene rings is 1. The molecule has 1 unspecified atom stereocenters. The molecule has 0 saturated heterocycles. The first-order valence-electron chi connectivity index (χ1n) is 5.02. The molecule has 2 N–H and O–H groups in total. The van der Waals surface area contributed by atoms with Crippen LogP contribution in [0.25, 0.3) is 0 Å². The Morgan fingerprint density at radius 3 is 2.38 bits per heavy atom. The molecule has 0 aliphatic rings. The predicted molar refractivity (Wildman–Crippen MR) is 59.0 cm³/mol. The van der Waals surface area contributed by atoms with Crippen LogP contribution in [0.15, 0.2) is 30.3 Å². The van der Waals surface area contributed by atoms with Gasteiger partial charge in [0.25, 0.3) is 0 Å². The van der Waals surface area contributed by atoms with Crippen molar-refractivity contribution in [3.05, 3.63) is 35.9 Å². The third-order valence-electron chi connectivity index (χ3n) is 2.13. The second-order valence-electron chi connectivity index (χ2n) is 4.17. The van der Waals surface area contributed by atoms with Crippen molar-refractivity contribution in [1.29, 1.82) is 0 Å². The van der Waals surface area contributed by atoms with Gasteiger partial charge in [-0.15, -0.1) is 0 Å². The third-order valence-corrected chi connectivity index (χ3v) is 2.13. The zero-order valence-electron chi connectivity index (χ0n) is 9.38. The molecule has 1 aromatic carbocycles. The Morgan fingerprint density at radius 1 is 1.38 bits per heavy atom. The fourth-order valence-corrected chi connectivity index (χ4v) is 1.33. The van der Waals surface area contributed by atoms with Crippen LogP contribution in [-0.2, 0) is 16.1 Å². The van der Waals surface area contributed by atoms with Crippen LogP contribution in [0, 0.1) is 0 Å². The molecular weight excluding hydrogens is 208 g/mol. The van der Waals surface area contributed by atoms with E-state index in [-0.39, 0.29) is 6.61 Å². The number of aliphatic hydroxyl groups is 1. The van der Waals surface area contributed by atoms with Crippen molar-refractivity contribution in [2.75, 3.05) is 0 Å². The van der Waals surface area contributed by atoms with Gasteiger partial charge in [-0.05, 0) is 19.4 Å². The SMILES string of the molecule is CC(C)(O)C(OCc1ccccc1)C(=O)O. The van der Waals surface area contributed by atoms with E-state index < -0.39 is 17.7 Å². The summed E-state index contributed by atoms with van der Waals surface area (Å²) in [6.45, 7) is 3.00. The Morgan fingerprint density at radius 2 is 1.94 bits per heavy atom. The summed E-state index contributed by atoms with van der Waals surface area (Å²) in [4.78, 5) is 10.9. The molecule has 0 aliphatic heterocycles. The summed E-state index contributed by atoms with van der Waals surface area (Å²) in [7, 11) is 0. The molecule has 0 aliphatic carbocycles. The van der Waals surface area contributed by atoms with E-state index >= 15 is 0 Å². The molecule has 0 heterocycles. The van der Waals surface area contributed by atoms with E-state index in [0.29, 0.717) is 0 Å². The van der Waals surface area contributed by atoms with Gasteiger partial charge in [-0.3, -0.25) is 0 Å². The quantitative estimate of drug-likeness (QED) is 0.794. The average Bonchev–Trinajstić information content (AvgIpc) is 2.17. The highest BCUT2D eigenvalue weighted by molar-refractivity contribution is 5.73. The van der Waals surface area contributed by atoms with Crippen LogP contribution in [-0.4, -0.2) is 27.9 Å². The maximum atomic E-state index is 10.9. The first kappa shape index (κ1) is 12.7. The molecule has 0 amide bonds. The molecule has 0 fully saturated rings. The van der Waals surface area contributed by atoms with E-state index in [9.17, 15) is 9.90 Å². The average molecular weight is 224 g/mol. The van der Waals surface area contributed by atoms with E-state index in [2.05, 4.69) is 0 Å². The largest absolute Gasteiger partial charge is 0.479 e. The van der Waals surface area contributed by atoms with Gasteiger partial charge >= 0.3 is 5.97 Å². The number of carbonyl (C=O) groups is 1. The summed E-state index contributed by atoms with van der Waals surface area (Å²) in [5.41, 5.74) is -0.529. The Labute approximate surface area is 94.5 Å². The Hall–Kier alpha value is -1.39. The number of hydrogen-bond donors (Lipinski definition) is 2. The number of rotatable bonds is 5. The predicted octanol–water partition coefficient (Wildman–Crippen LogP) is 1.43. The standard InChI is InChI=1S/C12H16O4/c1-12(2,15)10(11(13)14)16-8-9-6-4-3-5-7-9/h3-7,10,15H,8H2,1-2H3,(H,13,14). The van der Waals surface area contributed by atoms with E-state index in [4.69, 9.17) is 9.84 Å². The van der Waals surface area contributed by atoms with Gasteiger partial charge < -0.3 is 14.9 Å². The van der Waals surface area contributed by atoms with Gasteiger partial charge in [0.15, 0.2) is 6.10 Å². The normalized spacial score (nSPS) is 13.4. The minimum absolute atomic E-state index is 0.168. The number of hydrogen-bond acceptors (Lipinski definition) is 3. The number of carboxylic acid groups (broad SMARTS) is 1. The van der Waals surface area contributed by atoms with Crippen LogP contribution < -0.4 is 0 Å². The van der Waals surface area contributed by atoms with Gasteiger partial charge in [0, 0.05) is 0 Å². The molecule has 4 nitrogen and oxygen atoms in total.